The molecule has 0 amide bonds. The van der Waals surface area contributed by atoms with E-state index in [9.17, 15) is 0 Å². The Bertz CT molecular complexity index is 579. The van der Waals surface area contributed by atoms with E-state index in [1.165, 1.54) is 22.4 Å². The van der Waals surface area contributed by atoms with Crippen LogP contribution in [0.1, 0.15) is 49.9 Å². The molecule has 0 aromatic heterocycles. The second kappa shape index (κ2) is 6.34. The van der Waals surface area contributed by atoms with Crippen molar-refractivity contribution in [2.75, 3.05) is 5.32 Å². The van der Waals surface area contributed by atoms with Gasteiger partial charge < -0.3 is 5.32 Å². The van der Waals surface area contributed by atoms with Crippen molar-refractivity contribution in [3.63, 3.8) is 0 Å². The normalized spacial score (nSPS) is 13.0. The molecule has 2 rings (SSSR count). The molecule has 0 radical (unpaired) electrons. The Kier molecular flexibility index (Phi) is 4.72. The van der Waals surface area contributed by atoms with E-state index < -0.39 is 0 Å². The summed E-state index contributed by atoms with van der Waals surface area (Å²) in [6.07, 6.45) is 1.10. The van der Waals surface area contributed by atoms with Crippen LogP contribution < -0.4 is 5.32 Å². The first-order valence-corrected chi connectivity index (χ1v) is 7.74. The van der Waals surface area contributed by atoms with Gasteiger partial charge in [0.2, 0.25) is 0 Å². The third-order valence-electron chi connectivity index (χ3n) is 3.95. The number of hydrogen-bond donors (Lipinski definition) is 1. The molecule has 0 aliphatic carbocycles. The highest BCUT2D eigenvalue weighted by atomic mass is 14.9. The highest BCUT2D eigenvalue weighted by molar-refractivity contribution is 5.55. The molecule has 0 heterocycles. The summed E-state index contributed by atoms with van der Waals surface area (Å²) in [5.41, 5.74) is 5.56. The van der Waals surface area contributed by atoms with Gasteiger partial charge in [0.25, 0.3) is 0 Å². The summed E-state index contributed by atoms with van der Waals surface area (Å²) in [5, 5.41) is 3.76. The lowest BCUT2D eigenvalue weighted by molar-refractivity contribution is 0.352. The minimum Gasteiger partial charge on any atom is -0.378 e. The maximum atomic E-state index is 3.76. The van der Waals surface area contributed by atoms with Gasteiger partial charge in [-0.05, 0) is 48.4 Å². The van der Waals surface area contributed by atoms with Crippen LogP contribution in [0, 0.1) is 19.3 Å². The number of benzene rings is 2. The zero-order valence-corrected chi connectivity index (χ0v) is 13.9. The van der Waals surface area contributed by atoms with Crippen LogP contribution in [-0.4, -0.2) is 0 Å². The number of anilines is 1. The van der Waals surface area contributed by atoms with Gasteiger partial charge in [0, 0.05) is 5.69 Å². The second-order valence-corrected chi connectivity index (χ2v) is 7.12. The highest BCUT2D eigenvalue weighted by Gasteiger charge is 2.20. The minimum atomic E-state index is 0.283. The van der Waals surface area contributed by atoms with Gasteiger partial charge in [-0.15, -0.1) is 0 Å². The molecular weight excluding hydrogens is 254 g/mol. The predicted molar refractivity (Wildman–Crippen MR) is 92.8 cm³/mol. The Morgan fingerprint density at radius 3 is 2.19 bits per heavy atom. The fourth-order valence-electron chi connectivity index (χ4n) is 2.65. The van der Waals surface area contributed by atoms with Crippen molar-refractivity contribution < 1.29 is 0 Å². The predicted octanol–water partition coefficient (Wildman–Crippen LogP) is 5.89. The lowest BCUT2D eigenvalue weighted by Crippen LogP contribution is -2.19. The summed E-state index contributed by atoms with van der Waals surface area (Å²) in [4.78, 5) is 0. The zero-order valence-electron chi connectivity index (χ0n) is 13.9. The van der Waals surface area contributed by atoms with Crippen molar-refractivity contribution in [1.29, 1.82) is 0 Å². The molecule has 21 heavy (non-hydrogen) atoms. The molecule has 1 unspecified atom stereocenters. The van der Waals surface area contributed by atoms with Gasteiger partial charge in [0.15, 0.2) is 0 Å². The summed E-state index contributed by atoms with van der Waals surface area (Å²) in [6.45, 7) is 11.3. The standard InChI is InChI=1S/C20H27N/c1-15-10-9-13-18(16(15)2)21-19(14-20(3,4)5)17-11-7-6-8-12-17/h6-13,19,21H,14H2,1-5H3. The van der Waals surface area contributed by atoms with Gasteiger partial charge in [-0.3, -0.25) is 0 Å². The maximum absolute atomic E-state index is 3.76. The first-order chi connectivity index (χ1) is 9.87. The molecule has 1 atom stereocenters. The molecule has 1 N–H and O–H groups in total. The summed E-state index contributed by atoms with van der Waals surface area (Å²) in [5.74, 6) is 0. The largest absolute Gasteiger partial charge is 0.378 e. The number of aryl methyl sites for hydroxylation is 1. The zero-order chi connectivity index (χ0) is 15.5. The highest BCUT2D eigenvalue weighted by Crippen LogP contribution is 2.33. The maximum Gasteiger partial charge on any atom is 0.0518 e. The third-order valence-corrected chi connectivity index (χ3v) is 3.95. The number of nitrogens with one attached hydrogen (secondary N) is 1. The monoisotopic (exact) mass is 281 g/mol. The van der Waals surface area contributed by atoms with Crippen LogP contribution in [0.15, 0.2) is 48.5 Å². The van der Waals surface area contributed by atoms with Crippen molar-refractivity contribution in [1.82, 2.24) is 0 Å². The summed E-state index contributed by atoms with van der Waals surface area (Å²) in [6, 6.07) is 17.6. The molecule has 112 valence electrons. The SMILES string of the molecule is Cc1cccc(NC(CC(C)(C)C)c2ccccc2)c1C. The Morgan fingerprint density at radius 1 is 0.905 bits per heavy atom. The van der Waals surface area contributed by atoms with E-state index in [0.29, 0.717) is 6.04 Å². The molecule has 0 saturated carbocycles. The first-order valence-electron chi connectivity index (χ1n) is 7.74. The van der Waals surface area contributed by atoms with E-state index in [4.69, 9.17) is 0 Å². The van der Waals surface area contributed by atoms with Gasteiger partial charge in [0.05, 0.1) is 6.04 Å². The van der Waals surface area contributed by atoms with Crippen LogP contribution in [0.5, 0.6) is 0 Å². The van der Waals surface area contributed by atoms with E-state index >= 15 is 0 Å². The van der Waals surface area contributed by atoms with Crippen LogP contribution in [0.2, 0.25) is 0 Å². The lowest BCUT2D eigenvalue weighted by Gasteiger charge is -2.29. The smallest absolute Gasteiger partial charge is 0.0518 e. The minimum absolute atomic E-state index is 0.283. The Labute approximate surface area is 129 Å². The fraction of sp³-hybridized carbons (Fsp3) is 0.400. The molecule has 0 saturated heterocycles. The summed E-state index contributed by atoms with van der Waals surface area (Å²) in [7, 11) is 0. The molecular formula is C20H27N. The second-order valence-electron chi connectivity index (χ2n) is 7.12. The number of hydrogen-bond acceptors (Lipinski definition) is 1. The van der Waals surface area contributed by atoms with Crippen LogP contribution in [-0.2, 0) is 0 Å². The van der Waals surface area contributed by atoms with Gasteiger partial charge >= 0.3 is 0 Å². The molecule has 0 fully saturated rings. The fourth-order valence-corrected chi connectivity index (χ4v) is 2.65. The van der Waals surface area contributed by atoms with Gasteiger partial charge in [0.1, 0.15) is 0 Å². The molecule has 0 aliphatic rings. The summed E-state index contributed by atoms with van der Waals surface area (Å²) >= 11 is 0. The molecule has 1 heteroatoms. The average molecular weight is 281 g/mol. The number of rotatable bonds is 4. The molecule has 2 aromatic rings. The Morgan fingerprint density at radius 2 is 1.57 bits per heavy atom. The van der Waals surface area contributed by atoms with Crippen molar-refractivity contribution >= 4 is 5.69 Å². The topological polar surface area (TPSA) is 12.0 Å². The Balaban J connectivity index is 2.30. The van der Waals surface area contributed by atoms with Crippen molar-refractivity contribution in [2.45, 2.75) is 47.1 Å². The van der Waals surface area contributed by atoms with Gasteiger partial charge in [-0.2, -0.15) is 0 Å². The lowest BCUT2D eigenvalue weighted by atomic mass is 9.85. The quantitative estimate of drug-likeness (QED) is 0.736. The van der Waals surface area contributed by atoms with Gasteiger partial charge in [-0.25, -0.2) is 0 Å². The Hall–Kier alpha value is -1.76. The first kappa shape index (κ1) is 15.6. The van der Waals surface area contributed by atoms with E-state index in [1.54, 1.807) is 0 Å². The van der Waals surface area contributed by atoms with Crippen LogP contribution in [0.3, 0.4) is 0 Å². The van der Waals surface area contributed by atoms with Crippen LogP contribution >= 0.6 is 0 Å². The van der Waals surface area contributed by atoms with E-state index in [2.05, 4.69) is 88.5 Å². The van der Waals surface area contributed by atoms with E-state index in [0.717, 1.165) is 6.42 Å². The van der Waals surface area contributed by atoms with E-state index in [1.807, 2.05) is 0 Å². The molecule has 0 bridgehead atoms. The van der Waals surface area contributed by atoms with Crippen molar-refractivity contribution in [2.24, 2.45) is 5.41 Å². The van der Waals surface area contributed by atoms with Crippen molar-refractivity contribution in [3.05, 3.63) is 65.2 Å². The molecule has 1 nitrogen and oxygen atoms in total. The summed E-state index contributed by atoms with van der Waals surface area (Å²) < 4.78 is 0. The van der Waals surface area contributed by atoms with Crippen LogP contribution in [0.25, 0.3) is 0 Å². The van der Waals surface area contributed by atoms with Gasteiger partial charge in [-0.1, -0.05) is 63.2 Å². The third kappa shape index (κ3) is 4.35. The van der Waals surface area contributed by atoms with Crippen molar-refractivity contribution in [3.8, 4) is 0 Å². The molecule has 0 aliphatic heterocycles. The molecule has 2 aromatic carbocycles. The van der Waals surface area contributed by atoms with Crippen LogP contribution in [0.4, 0.5) is 5.69 Å². The molecule has 0 spiro atoms. The van der Waals surface area contributed by atoms with E-state index in [-0.39, 0.29) is 5.41 Å². The average Bonchev–Trinajstić information content (AvgIpc) is 2.42.